The number of halogens is 1. The van der Waals surface area contributed by atoms with E-state index in [-0.39, 0.29) is 0 Å². The molecule has 90 valence electrons. The summed E-state index contributed by atoms with van der Waals surface area (Å²) in [7, 11) is 0. The summed E-state index contributed by atoms with van der Waals surface area (Å²) < 4.78 is 5.63. The van der Waals surface area contributed by atoms with Crippen LogP contribution < -0.4 is 0 Å². The average Bonchev–Trinajstić information content (AvgIpc) is 2.21. The van der Waals surface area contributed by atoms with E-state index in [0.717, 1.165) is 17.7 Å². The fourth-order valence-electron chi connectivity index (χ4n) is 1.57. The van der Waals surface area contributed by atoms with Gasteiger partial charge in [-0.2, -0.15) is 0 Å². The van der Waals surface area contributed by atoms with Crippen LogP contribution in [0.1, 0.15) is 44.8 Å². The number of aromatic nitrogens is 2. The molecule has 1 aromatic heterocycles. The van der Waals surface area contributed by atoms with E-state index >= 15 is 0 Å². The largest absolute Gasteiger partial charge is 0.368 e. The lowest BCUT2D eigenvalue weighted by Crippen LogP contribution is -2.25. The topological polar surface area (TPSA) is 35.0 Å². The van der Waals surface area contributed by atoms with Crippen molar-refractivity contribution in [2.75, 3.05) is 6.61 Å². The molecule has 0 fully saturated rings. The van der Waals surface area contributed by atoms with E-state index < -0.39 is 5.60 Å². The molecule has 1 aromatic rings. The van der Waals surface area contributed by atoms with Crippen molar-refractivity contribution in [2.24, 2.45) is 0 Å². The van der Waals surface area contributed by atoms with Crippen molar-refractivity contribution in [3.05, 3.63) is 22.2 Å². The number of hydrogen-bond acceptors (Lipinski definition) is 3. The monoisotopic (exact) mass is 242 g/mol. The van der Waals surface area contributed by atoms with Gasteiger partial charge in [0.05, 0.1) is 0 Å². The molecule has 0 radical (unpaired) electrons. The molecule has 0 aliphatic heterocycles. The Labute approximate surface area is 102 Å². The SMILES string of the molecule is CCOC(C)(C)c1nc(Cl)c(C)c(CC)n1. The highest BCUT2D eigenvalue weighted by Gasteiger charge is 2.25. The van der Waals surface area contributed by atoms with Gasteiger partial charge in [-0.15, -0.1) is 0 Å². The molecule has 0 bridgehead atoms. The molecule has 0 aliphatic carbocycles. The van der Waals surface area contributed by atoms with Gasteiger partial charge in [-0.25, -0.2) is 9.97 Å². The molecule has 0 atom stereocenters. The highest BCUT2D eigenvalue weighted by molar-refractivity contribution is 6.30. The van der Waals surface area contributed by atoms with Crippen molar-refractivity contribution in [2.45, 2.75) is 46.6 Å². The number of rotatable bonds is 4. The first kappa shape index (κ1) is 13.4. The van der Waals surface area contributed by atoms with Crippen LogP contribution in [0.25, 0.3) is 0 Å². The molecule has 1 rings (SSSR count). The van der Waals surface area contributed by atoms with Crippen molar-refractivity contribution in [1.82, 2.24) is 9.97 Å². The standard InChI is InChI=1S/C12H19ClN2O/c1-6-9-8(3)10(13)15-11(14-9)12(4,5)16-7-2/h6-7H2,1-5H3. The van der Waals surface area contributed by atoms with Crippen molar-refractivity contribution < 1.29 is 4.74 Å². The minimum absolute atomic E-state index is 0.490. The molecule has 0 aromatic carbocycles. The zero-order valence-electron chi connectivity index (χ0n) is 10.6. The third-order valence-corrected chi connectivity index (χ3v) is 2.93. The van der Waals surface area contributed by atoms with Crippen molar-refractivity contribution >= 4 is 11.6 Å². The molecule has 0 unspecified atom stereocenters. The van der Waals surface area contributed by atoms with Crippen LogP contribution in [0.2, 0.25) is 5.15 Å². The second-order valence-corrected chi connectivity index (χ2v) is 4.56. The molecular formula is C12H19ClN2O. The first-order valence-electron chi connectivity index (χ1n) is 5.59. The van der Waals surface area contributed by atoms with Crippen LogP contribution in [0.5, 0.6) is 0 Å². The normalized spacial score (nSPS) is 11.9. The fraction of sp³-hybridized carbons (Fsp3) is 0.667. The summed E-state index contributed by atoms with van der Waals surface area (Å²) in [5, 5.41) is 0.523. The van der Waals surface area contributed by atoms with Crippen LogP contribution in [-0.2, 0) is 16.8 Å². The molecule has 0 N–H and O–H groups in total. The maximum Gasteiger partial charge on any atom is 0.161 e. The molecule has 1 heterocycles. The van der Waals surface area contributed by atoms with E-state index in [1.54, 1.807) is 0 Å². The predicted octanol–water partition coefficient (Wildman–Crippen LogP) is 3.27. The Kier molecular flexibility index (Phi) is 4.28. The number of aryl methyl sites for hydroxylation is 1. The summed E-state index contributed by atoms with van der Waals surface area (Å²) >= 11 is 6.10. The molecule has 3 nitrogen and oxygen atoms in total. The Morgan fingerprint density at radius 3 is 2.38 bits per heavy atom. The number of hydrogen-bond donors (Lipinski definition) is 0. The number of ether oxygens (including phenoxy) is 1. The van der Waals surface area contributed by atoms with E-state index in [4.69, 9.17) is 16.3 Å². The summed E-state index contributed by atoms with van der Waals surface area (Å²) in [6.45, 7) is 10.5. The third kappa shape index (κ3) is 2.71. The average molecular weight is 243 g/mol. The smallest absolute Gasteiger partial charge is 0.161 e. The maximum absolute atomic E-state index is 6.10. The summed E-state index contributed by atoms with van der Waals surface area (Å²) in [5.74, 6) is 0.654. The van der Waals surface area contributed by atoms with Gasteiger partial charge in [0.25, 0.3) is 0 Å². The van der Waals surface area contributed by atoms with Gasteiger partial charge >= 0.3 is 0 Å². The van der Waals surface area contributed by atoms with Gasteiger partial charge in [-0.3, -0.25) is 0 Å². The van der Waals surface area contributed by atoms with E-state index in [0.29, 0.717) is 17.6 Å². The summed E-state index contributed by atoms with van der Waals surface area (Å²) in [6, 6.07) is 0. The Morgan fingerprint density at radius 2 is 1.88 bits per heavy atom. The van der Waals surface area contributed by atoms with Gasteiger partial charge in [0.15, 0.2) is 5.82 Å². The summed E-state index contributed by atoms with van der Waals surface area (Å²) in [4.78, 5) is 8.82. The minimum atomic E-state index is -0.490. The van der Waals surface area contributed by atoms with Gasteiger partial charge in [0.1, 0.15) is 10.8 Å². The van der Waals surface area contributed by atoms with Gasteiger partial charge in [0.2, 0.25) is 0 Å². The molecule has 0 spiro atoms. The Bertz CT molecular complexity index is 378. The van der Waals surface area contributed by atoms with Crippen LogP contribution in [-0.4, -0.2) is 16.6 Å². The molecule has 4 heteroatoms. The Morgan fingerprint density at radius 1 is 1.25 bits per heavy atom. The van der Waals surface area contributed by atoms with Crippen molar-refractivity contribution in [3.8, 4) is 0 Å². The maximum atomic E-state index is 6.10. The first-order valence-corrected chi connectivity index (χ1v) is 5.97. The molecule has 0 saturated heterocycles. The molecule has 0 amide bonds. The number of nitrogens with zero attached hydrogens (tertiary/aromatic N) is 2. The lowest BCUT2D eigenvalue weighted by atomic mass is 10.1. The zero-order valence-corrected chi connectivity index (χ0v) is 11.4. The summed E-state index contributed by atoms with van der Waals surface area (Å²) in [6.07, 6.45) is 0.850. The molecule has 0 aliphatic rings. The highest BCUT2D eigenvalue weighted by Crippen LogP contribution is 2.25. The van der Waals surface area contributed by atoms with E-state index in [1.165, 1.54) is 0 Å². The minimum Gasteiger partial charge on any atom is -0.368 e. The second kappa shape index (κ2) is 5.11. The Hall–Kier alpha value is -0.670. The van der Waals surface area contributed by atoms with E-state index in [1.807, 2.05) is 27.7 Å². The lowest BCUT2D eigenvalue weighted by molar-refractivity contribution is -0.0209. The quantitative estimate of drug-likeness (QED) is 0.760. The van der Waals surface area contributed by atoms with Crippen molar-refractivity contribution in [3.63, 3.8) is 0 Å². The summed E-state index contributed by atoms with van der Waals surface area (Å²) in [5.41, 5.74) is 1.46. The molecule has 0 saturated carbocycles. The van der Waals surface area contributed by atoms with Gasteiger partial charge < -0.3 is 4.74 Å². The third-order valence-electron chi connectivity index (χ3n) is 2.57. The van der Waals surface area contributed by atoms with Crippen LogP contribution in [0, 0.1) is 6.92 Å². The predicted molar refractivity (Wildman–Crippen MR) is 65.8 cm³/mol. The lowest BCUT2D eigenvalue weighted by Gasteiger charge is -2.24. The van der Waals surface area contributed by atoms with Gasteiger partial charge in [-0.05, 0) is 34.1 Å². The highest BCUT2D eigenvalue weighted by atomic mass is 35.5. The van der Waals surface area contributed by atoms with Crippen molar-refractivity contribution in [1.29, 1.82) is 0 Å². The zero-order chi connectivity index (χ0) is 12.3. The fourth-order valence-corrected chi connectivity index (χ4v) is 1.76. The van der Waals surface area contributed by atoms with Crippen LogP contribution in [0.4, 0.5) is 0 Å². The van der Waals surface area contributed by atoms with E-state index in [2.05, 4.69) is 16.9 Å². The first-order chi connectivity index (χ1) is 7.42. The second-order valence-electron chi connectivity index (χ2n) is 4.21. The van der Waals surface area contributed by atoms with Gasteiger partial charge in [-0.1, -0.05) is 18.5 Å². The molecular weight excluding hydrogens is 224 g/mol. The van der Waals surface area contributed by atoms with E-state index in [9.17, 15) is 0 Å². The Balaban J connectivity index is 3.20. The van der Waals surface area contributed by atoms with Crippen LogP contribution in [0.3, 0.4) is 0 Å². The van der Waals surface area contributed by atoms with Crippen LogP contribution >= 0.6 is 11.6 Å². The van der Waals surface area contributed by atoms with Gasteiger partial charge in [0, 0.05) is 17.9 Å². The molecule has 16 heavy (non-hydrogen) atoms. The van der Waals surface area contributed by atoms with Crippen LogP contribution in [0.15, 0.2) is 0 Å².